The molecule has 0 aliphatic carbocycles. The third-order valence-electron chi connectivity index (χ3n) is 2.05. The molecule has 1 aromatic rings. The van der Waals surface area contributed by atoms with E-state index in [2.05, 4.69) is 5.32 Å². The van der Waals surface area contributed by atoms with Crippen molar-refractivity contribution in [3.63, 3.8) is 0 Å². The van der Waals surface area contributed by atoms with Gasteiger partial charge in [-0.3, -0.25) is 10.1 Å². The zero-order valence-corrected chi connectivity index (χ0v) is 10.1. The van der Waals surface area contributed by atoms with E-state index in [1.165, 1.54) is 17.7 Å². The third-order valence-corrected chi connectivity index (χ3v) is 2.22. The fourth-order valence-electron chi connectivity index (χ4n) is 1.32. The van der Waals surface area contributed by atoms with Crippen molar-refractivity contribution >= 4 is 17.3 Å². The smallest absolute Gasteiger partial charge is 0.270 e. The number of nitrogens with one attached hydrogen (secondary N) is 1. The molecule has 17 heavy (non-hydrogen) atoms. The van der Waals surface area contributed by atoms with Crippen molar-refractivity contribution < 1.29 is 9.66 Å². The van der Waals surface area contributed by atoms with Crippen molar-refractivity contribution in [3.8, 4) is 5.75 Å². The van der Waals surface area contributed by atoms with Crippen molar-refractivity contribution in [2.24, 2.45) is 0 Å². The Kier molecular flexibility index (Phi) is 5.45. The molecule has 1 N–H and O–H groups in total. The van der Waals surface area contributed by atoms with Gasteiger partial charge in [0.1, 0.15) is 12.4 Å². The minimum absolute atomic E-state index is 0.0514. The molecule has 5 nitrogen and oxygen atoms in total. The Hall–Kier alpha value is -1.59. The molecule has 0 radical (unpaired) electrons. The molecule has 92 valence electrons. The van der Waals surface area contributed by atoms with Crippen molar-refractivity contribution in [2.75, 3.05) is 13.7 Å². The lowest BCUT2D eigenvalue weighted by molar-refractivity contribution is -0.384. The maximum Gasteiger partial charge on any atom is 0.270 e. The number of non-ortho nitro benzene ring substituents is 1. The van der Waals surface area contributed by atoms with E-state index >= 15 is 0 Å². The van der Waals surface area contributed by atoms with E-state index in [0.29, 0.717) is 18.9 Å². The highest BCUT2D eigenvalue weighted by Gasteiger charge is 2.10. The van der Waals surface area contributed by atoms with Gasteiger partial charge in [-0.1, -0.05) is 11.6 Å². The highest BCUT2D eigenvalue weighted by molar-refractivity contribution is 6.25. The van der Waals surface area contributed by atoms with Crippen LogP contribution in [-0.2, 0) is 6.54 Å². The SMILES string of the molecule is CNCc1cc([N+](=O)[O-])ccc1OC/C=C/Cl. The normalized spacial score (nSPS) is 10.7. The summed E-state index contributed by atoms with van der Waals surface area (Å²) in [6.07, 6.45) is 1.64. The number of ether oxygens (including phenoxy) is 1. The summed E-state index contributed by atoms with van der Waals surface area (Å²) < 4.78 is 5.43. The van der Waals surface area contributed by atoms with Crippen LogP contribution in [-0.4, -0.2) is 18.6 Å². The third kappa shape index (κ3) is 4.05. The molecule has 0 fully saturated rings. The lowest BCUT2D eigenvalue weighted by Crippen LogP contribution is -2.08. The monoisotopic (exact) mass is 256 g/mol. The van der Waals surface area contributed by atoms with Crippen LogP contribution in [0.15, 0.2) is 29.8 Å². The van der Waals surface area contributed by atoms with Crippen LogP contribution >= 0.6 is 11.6 Å². The topological polar surface area (TPSA) is 64.4 Å². The van der Waals surface area contributed by atoms with Crippen LogP contribution < -0.4 is 10.1 Å². The van der Waals surface area contributed by atoms with Crippen molar-refractivity contribution in [2.45, 2.75) is 6.54 Å². The molecule has 6 heteroatoms. The van der Waals surface area contributed by atoms with Crippen LogP contribution in [0, 0.1) is 10.1 Å². The molecular weight excluding hydrogens is 244 g/mol. The van der Waals surface area contributed by atoms with Crippen LogP contribution in [0.1, 0.15) is 5.56 Å². The van der Waals surface area contributed by atoms with Crippen LogP contribution in [0.5, 0.6) is 5.75 Å². The quantitative estimate of drug-likeness (QED) is 0.627. The van der Waals surface area contributed by atoms with Crippen molar-refractivity contribution in [1.82, 2.24) is 5.32 Å². The van der Waals surface area contributed by atoms with Gasteiger partial charge in [-0.15, -0.1) is 0 Å². The first-order valence-corrected chi connectivity index (χ1v) is 5.42. The highest BCUT2D eigenvalue weighted by atomic mass is 35.5. The Bertz CT molecular complexity index is 421. The number of nitro benzene ring substituents is 1. The summed E-state index contributed by atoms with van der Waals surface area (Å²) in [4.78, 5) is 10.2. The number of hydrogen-bond acceptors (Lipinski definition) is 4. The largest absolute Gasteiger partial charge is 0.489 e. The summed E-state index contributed by atoms with van der Waals surface area (Å²) >= 11 is 5.37. The van der Waals surface area contributed by atoms with Crippen molar-refractivity contribution in [3.05, 3.63) is 45.5 Å². The van der Waals surface area contributed by atoms with E-state index in [9.17, 15) is 10.1 Å². The van der Waals surface area contributed by atoms with E-state index in [0.717, 1.165) is 5.56 Å². The fourth-order valence-corrected chi connectivity index (χ4v) is 1.40. The Labute approximate surface area is 104 Å². The summed E-state index contributed by atoms with van der Waals surface area (Å²) in [6, 6.07) is 4.50. The predicted molar refractivity (Wildman–Crippen MR) is 66.3 cm³/mol. The number of rotatable bonds is 6. The van der Waals surface area contributed by atoms with Gasteiger partial charge in [-0.25, -0.2) is 0 Å². The fraction of sp³-hybridized carbons (Fsp3) is 0.273. The lowest BCUT2D eigenvalue weighted by atomic mass is 10.2. The van der Waals surface area contributed by atoms with Gasteiger partial charge in [0.2, 0.25) is 0 Å². The zero-order valence-electron chi connectivity index (χ0n) is 9.35. The van der Waals surface area contributed by atoms with E-state index < -0.39 is 4.92 Å². The molecule has 0 atom stereocenters. The standard InChI is InChI=1S/C11H13ClN2O3/c1-13-8-9-7-10(14(15)16)3-4-11(9)17-6-2-5-12/h2-5,7,13H,6,8H2,1H3/b5-2+. The molecule has 0 unspecified atom stereocenters. The second-order valence-corrected chi connectivity index (χ2v) is 3.50. The zero-order chi connectivity index (χ0) is 12.7. The van der Waals surface area contributed by atoms with Gasteiger partial charge in [0.25, 0.3) is 5.69 Å². The van der Waals surface area contributed by atoms with Crippen LogP contribution in [0.25, 0.3) is 0 Å². The summed E-state index contributed by atoms with van der Waals surface area (Å²) in [5.41, 5.74) is 2.16. The summed E-state index contributed by atoms with van der Waals surface area (Å²) in [5, 5.41) is 13.6. The first-order valence-electron chi connectivity index (χ1n) is 4.99. The minimum Gasteiger partial charge on any atom is -0.489 e. The van der Waals surface area contributed by atoms with Gasteiger partial charge in [0, 0.05) is 29.8 Å². The molecule has 0 amide bonds. The number of nitro groups is 1. The minimum atomic E-state index is -0.429. The number of nitrogens with zero attached hydrogens (tertiary/aromatic N) is 1. The molecule has 0 saturated carbocycles. The maximum atomic E-state index is 10.6. The molecule has 0 aromatic heterocycles. The van der Waals surface area contributed by atoms with Gasteiger partial charge >= 0.3 is 0 Å². The number of halogens is 1. The Morgan fingerprint density at radius 1 is 1.59 bits per heavy atom. The summed E-state index contributed by atoms with van der Waals surface area (Å²) in [7, 11) is 1.77. The molecule has 0 aliphatic heterocycles. The van der Waals surface area contributed by atoms with Crippen LogP contribution in [0.3, 0.4) is 0 Å². The molecule has 0 aliphatic rings. The van der Waals surface area contributed by atoms with Crippen LogP contribution in [0.4, 0.5) is 5.69 Å². The Balaban J connectivity index is 2.91. The molecule has 0 bridgehead atoms. The van der Waals surface area contributed by atoms with Gasteiger partial charge in [-0.2, -0.15) is 0 Å². The first kappa shape index (κ1) is 13.5. The lowest BCUT2D eigenvalue weighted by Gasteiger charge is -2.09. The first-order chi connectivity index (χ1) is 8.19. The average molecular weight is 257 g/mol. The van der Waals surface area contributed by atoms with Crippen LogP contribution in [0.2, 0.25) is 0 Å². The Morgan fingerprint density at radius 2 is 2.35 bits per heavy atom. The predicted octanol–water partition coefficient (Wildman–Crippen LogP) is 2.45. The van der Waals surface area contributed by atoms with E-state index in [4.69, 9.17) is 16.3 Å². The maximum absolute atomic E-state index is 10.6. The average Bonchev–Trinajstić information content (AvgIpc) is 2.31. The van der Waals surface area contributed by atoms with Gasteiger partial charge in [-0.05, 0) is 19.2 Å². The van der Waals surface area contributed by atoms with E-state index in [1.54, 1.807) is 19.2 Å². The molecule has 0 heterocycles. The van der Waals surface area contributed by atoms with E-state index in [1.807, 2.05) is 0 Å². The number of benzene rings is 1. The van der Waals surface area contributed by atoms with Gasteiger partial charge < -0.3 is 10.1 Å². The van der Waals surface area contributed by atoms with Crippen molar-refractivity contribution in [1.29, 1.82) is 0 Å². The molecule has 1 rings (SSSR count). The molecule has 0 saturated heterocycles. The number of hydrogen-bond donors (Lipinski definition) is 1. The second-order valence-electron chi connectivity index (χ2n) is 3.25. The molecule has 0 spiro atoms. The van der Waals surface area contributed by atoms with E-state index in [-0.39, 0.29) is 5.69 Å². The Morgan fingerprint density at radius 3 is 2.94 bits per heavy atom. The van der Waals surface area contributed by atoms with Gasteiger partial charge in [0.05, 0.1) is 4.92 Å². The van der Waals surface area contributed by atoms with Gasteiger partial charge in [0.15, 0.2) is 0 Å². The molecule has 1 aromatic carbocycles. The highest BCUT2D eigenvalue weighted by Crippen LogP contribution is 2.24. The molecular formula is C11H13ClN2O3. The summed E-state index contributed by atoms with van der Waals surface area (Å²) in [6.45, 7) is 0.833. The summed E-state index contributed by atoms with van der Waals surface area (Å²) in [5.74, 6) is 0.611. The second kappa shape index (κ2) is 6.88.